The lowest BCUT2D eigenvalue weighted by Crippen LogP contribution is -2.50. The van der Waals surface area contributed by atoms with Gasteiger partial charge in [0, 0.05) is 42.6 Å². The molecule has 6 heteroatoms. The molecule has 26 heavy (non-hydrogen) atoms. The van der Waals surface area contributed by atoms with E-state index in [0.29, 0.717) is 24.7 Å². The third-order valence-corrected chi connectivity index (χ3v) is 4.74. The summed E-state index contributed by atoms with van der Waals surface area (Å²) in [5.41, 5.74) is 2.91. The highest BCUT2D eigenvalue weighted by Crippen LogP contribution is 2.22. The number of ether oxygens (including phenoxy) is 1. The molecule has 1 aliphatic rings. The number of hydrogen-bond acceptors (Lipinski definition) is 3. The standard InChI is InChI=1S/C20H24ClN3O2/c1-3-26-18-7-5-17(6-8-18)23-10-12-24(13-11-23)20(25)22-19-9-4-16(21)14-15(19)2/h4-9,14H,3,10-13H2,1-2H3,(H,22,25). The molecule has 1 heterocycles. The number of urea groups is 1. The number of carbonyl (C=O) groups is 1. The van der Waals surface area contributed by atoms with Crippen molar-refractivity contribution >= 4 is 29.0 Å². The van der Waals surface area contributed by atoms with Crippen LogP contribution in [-0.2, 0) is 0 Å². The van der Waals surface area contributed by atoms with Crippen molar-refractivity contribution in [3.63, 3.8) is 0 Å². The molecule has 0 aliphatic carbocycles. The molecule has 0 radical (unpaired) electrons. The lowest BCUT2D eigenvalue weighted by atomic mass is 10.2. The normalized spacial score (nSPS) is 14.3. The molecule has 0 saturated carbocycles. The van der Waals surface area contributed by atoms with Crippen LogP contribution in [0.1, 0.15) is 12.5 Å². The van der Waals surface area contributed by atoms with Gasteiger partial charge in [-0.3, -0.25) is 0 Å². The number of nitrogens with zero attached hydrogens (tertiary/aromatic N) is 2. The van der Waals surface area contributed by atoms with Gasteiger partial charge >= 0.3 is 6.03 Å². The minimum atomic E-state index is -0.0678. The van der Waals surface area contributed by atoms with E-state index >= 15 is 0 Å². The Kier molecular flexibility index (Phi) is 5.89. The summed E-state index contributed by atoms with van der Waals surface area (Å²) in [5, 5.41) is 3.65. The summed E-state index contributed by atoms with van der Waals surface area (Å²) in [5.74, 6) is 0.882. The van der Waals surface area contributed by atoms with Gasteiger partial charge in [-0.05, 0) is 61.9 Å². The first-order chi connectivity index (χ1) is 12.6. The molecule has 2 aromatic rings. The molecule has 1 fully saturated rings. The Morgan fingerprint density at radius 3 is 2.42 bits per heavy atom. The Labute approximate surface area is 159 Å². The molecule has 0 atom stereocenters. The summed E-state index contributed by atoms with van der Waals surface area (Å²) >= 11 is 5.97. The predicted molar refractivity (Wildman–Crippen MR) is 107 cm³/mol. The smallest absolute Gasteiger partial charge is 0.321 e. The maximum Gasteiger partial charge on any atom is 0.321 e. The third kappa shape index (κ3) is 4.41. The lowest BCUT2D eigenvalue weighted by Gasteiger charge is -2.36. The van der Waals surface area contributed by atoms with Gasteiger partial charge in [0.05, 0.1) is 6.61 Å². The number of carbonyl (C=O) groups excluding carboxylic acids is 1. The number of amides is 2. The van der Waals surface area contributed by atoms with E-state index in [-0.39, 0.29) is 6.03 Å². The number of piperazine rings is 1. The van der Waals surface area contributed by atoms with Crippen LogP contribution >= 0.6 is 11.6 Å². The summed E-state index contributed by atoms with van der Waals surface area (Å²) in [6.07, 6.45) is 0. The van der Waals surface area contributed by atoms with E-state index in [1.54, 1.807) is 6.07 Å². The molecule has 0 bridgehead atoms. The molecule has 0 unspecified atom stereocenters. The third-order valence-electron chi connectivity index (χ3n) is 4.51. The average Bonchev–Trinajstić information content (AvgIpc) is 2.65. The lowest BCUT2D eigenvalue weighted by molar-refractivity contribution is 0.208. The molecule has 5 nitrogen and oxygen atoms in total. The van der Waals surface area contributed by atoms with Crippen LogP contribution < -0.4 is 15.0 Å². The fraction of sp³-hybridized carbons (Fsp3) is 0.350. The van der Waals surface area contributed by atoms with Crippen molar-refractivity contribution < 1.29 is 9.53 Å². The number of anilines is 2. The molecule has 1 N–H and O–H groups in total. The number of aryl methyl sites for hydroxylation is 1. The Bertz CT molecular complexity index is 756. The summed E-state index contributed by atoms with van der Waals surface area (Å²) in [6.45, 7) is 7.56. The largest absolute Gasteiger partial charge is 0.494 e. The minimum Gasteiger partial charge on any atom is -0.494 e. The Morgan fingerprint density at radius 1 is 1.12 bits per heavy atom. The van der Waals surface area contributed by atoms with Crippen LogP contribution in [0, 0.1) is 6.92 Å². The molecule has 138 valence electrons. The van der Waals surface area contributed by atoms with E-state index in [4.69, 9.17) is 16.3 Å². The number of hydrogen-bond donors (Lipinski definition) is 1. The van der Waals surface area contributed by atoms with Gasteiger partial charge in [0.2, 0.25) is 0 Å². The Balaban J connectivity index is 1.55. The molecule has 1 aliphatic heterocycles. The fourth-order valence-electron chi connectivity index (χ4n) is 3.05. The summed E-state index contributed by atoms with van der Waals surface area (Å²) < 4.78 is 5.48. The fourth-order valence-corrected chi connectivity index (χ4v) is 3.28. The Hall–Kier alpha value is -2.40. The van der Waals surface area contributed by atoms with Crippen molar-refractivity contribution in [3.8, 4) is 5.75 Å². The van der Waals surface area contributed by atoms with Gasteiger partial charge in [-0.15, -0.1) is 0 Å². The van der Waals surface area contributed by atoms with Gasteiger partial charge in [-0.25, -0.2) is 4.79 Å². The maximum atomic E-state index is 12.5. The zero-order valence-corrected chi connectivity index (χ0v) is 15.9. The van der Waals surface area contributed by atoms with Crippen LogP contribution in [-0.4, -0.2) is 43.7 Å². The van der Waals surface area contributed by atoms with Crippen LogP contribution in [0.3, 0.4) is 0 Å². The van der Waals surface area contributed by atoms with Gasteiger partial charge < -0.3 is 19.9 Å². The van der Waals surface area contributed by atoms with Crippen LogP contribution in [0.4, 0.5) is 16.2 Å². The van der Waals surface area contributed by atoms with Crippen LogP contribution in [0.2, 0.25) is 5.02 Å². The van der Waals surface area contributed by atoms with Crippen molar-refractivity contribution in [1.82, 2.24) is 4.90 Å². The van der Waals surface area contributed by atoms with Crippen LogP contribution in [0.5, 0.6) is 5.75 Å². The van der Waals surface area contributed by atoms with Crippen LogP contribution in [0.25, 0.3) is 0 Å². The molecule has 0 aromatic heterocycles. The van der Waals surface area contributed by atoms with Gasteiger partial charge in [-0.2, -0.15) is 0 Å². The van der Waals surface area contributed by atoms with E-state index in [1.165, 1.54) is 0 Å². The summed E-state index contributed by atoms with van der Waals surface area (Å²) in [4.78, 5) is 16.6. The minimum absolute atomic E-state index is 0.0678. The second-order valence-corrected chi connectivity index (χ2v) is 6.73. The number of benzene rings is 2. The summed E-state index contributed by atoms with van der Waals surface area (Å²) in [7, 11) is 0. The highest BCUT2D eigenvalue weighted by Gasteiger charge is 2.21. The van der Waals surface area contributed by atoms with E-state index < -0.39 is 0 Å². The summed E-state index contributed by atoms with van der Waals surface area (Å²) in [6, 6.07) is 13.5. The van der Waals surface area contributed by atoms with E-state index in [9.17, 15) is 4.79 Å². The van der Waals surface area contributed by atoms with Gasteiger partial charge in [0.25, 0.3) is 0 Å². The van der Waals surface area contributed by atoms with E-state index in [1.807, 2.05) is 43.0 Å². The first-order valence-corrected chi connectivity index (χ1v) is 9.24. The maximum absolute atomic E-state index is 12.5. The van der Waals surface area contributed by atoms with Crippen molar-refractivity contribution in [2.45, 2.75) is 13.8 Å². The Morgan fingerprint density at radius 2 is 1.81 bits per heavy atom. The highest BCUT2D eigenvalue weighted by molar-refractivity contribution is 6.30. The number of nitrogens with one attached hydrogen (secondary N) is 1. The highest BCUT2D eigenvalue weighted by atomic mass is 35.5. The molecule has 0 spiro atoms. The second-order valence-electron chi connectivity index (χ2n) is 6.29. The molecular formula is C20H24ClN3O2. The SMILES string of the molecule is CCOc1ccc(N2CCN(C(=O)Nc3ccc(Cl)cc3C)CC2)cc1. The average molecular weight is 374 g/mol. The van der Waals surface area contributed by atoms with Crippen LogP contribution in [0.15, 0.2) is 42.5 Å². The predicted octanol–water partition coefficient (Wildman–Crippen LogP) is 4.40. The topological polar surface area (TPSA) is 44.8 Å². The van der Waals surface area contributed by atoms with Crippen molar-refractivity contribution in [2.75, 3.05) is 43.0 Å². The van der Waals surface area contributed by atoms with Crippen molar-refractivity contribution in [3.05, 3.63) is 53.1 Å². The number of rotatable bonds is 4. The monoisotopic (exact) mass is 373 g/mol. The first kappa shape index (κ1) is 18.4. The second kappa shape index (κ2) is 8.32. The number of halogens is 1. The van der Waals surface area contributed by atoms with E-state index in [0.717, 1.165) is 35.8 Å². The zero-order valence-electron chi connectivity index (χ0n) is 15.2. The first-order valence-electron chi connectivity index (χ1n) is 8.86. The zero-order chi connectivity index (χ0) is 18.5. The molecule has 2 aromatic carbocycles. The molecule has 3 rings (SSSR count). The molecular weight excluding hydrogens is 350 g/mol. The van der Waals surface area contributed by atoms with Crippen molar-refractivity contribution in [1.29, 1.82) is 0 Å². The molecule has 2 amide bonds. The molecule has 1 saturated heterocycles. The van der Waals surface area contributed by atoms with Gasteiger partial charge in [0.1, 0.15) is 5.75 Å². The van der Waals surface area contributed by atoms with Gasteiger partial charge in [-0.1, -0.05) is 11.6 Å². The van der Waals surface area contributed by atoms with Crippen molar-refractivity contribution in [2.24, 2.45) is 0 Å². The van der Waals surface area contributed by atoms with E-state index in [2.05, 4.69) is 22.3 Å². The van der Waals surface area contributed by atoms with Gasteiger partial charge in [0.15, 0.2) is 0 Å². The quantitative estimate of drug-likeness (QED) is 0.863.